The summed E-state index contributed by atoms with van der Waals surface area (Å²) in [6.07, 6.45) is 0. The molecule has 0 aliphatic heterocycles. The number of phenolic OH excluding ortho intramolecular Hbond substituents is 1. The molecular weight excluding hydrogens is 204 g/mol. The summed E-state index contributed by atoms with van der Waals surface area (Å²) in [6.45, 7) is 2.55. The molecule has 0 unspecified atom stereocenters. The molecule has 0 bridgehead atoms. The highest BCUT2D eigenvalue weighted by molar-refractivity contribution is 5.94. The predicted octanol–water partition coefficient (Wildman–Crippen LogP) is 2.95. The summed E-state index contributed by atoms with van der Waals surface area (Å²) >= 11 is 0. The molecule has 0 saturated heterocycles. The molecule has 3 nitrogen and oxygen atoms in total. The smallest absolute Gasteiger partial charge is 0.127 e. The minimum absolute atomic E-state index is 0.249. The van der Waals surface area contributed by atoms with Gasteiger partial charge in [0.05, 0.1) is 13.7 Å². The number of rotatable bonds is 3. The molecule has 84 valence electrons. The van der Waals surface area contributed by atoms with Crippen molar-refractivity contribution in [1.82, 2.24) is 0 Å². The molecule has 0 aromatic heterocycles. The maximum absolute atomic E-state index is 9.72. The van der Waals surface area contributed by atoms with Crippen LogP contribution < -0.4 is 9.47 Å². The molecule has 0 radical (unpaired) electrons. The van der Waals surface area contributed by atoms with Crippen LogP contribution in [0.15, 0.2) is 30.3 Å². The maximum atomic E-state index is 9.72. The summed E-state index contributed by atoms with van der Waals surface area (Å²) in [5.41, 5.74) is 0. The Morgan fingerprint density at radius 2 is 1.94 bits per heavy atom. The Labute approximate surface area is 94.2 Å². The number of fused-ring (bicyclic) bond motifs is 1. The first-order valence-corrected chi connectivity index (χ1v) is 5.18. The number of hydrogen-bond donors (Lipinski definition) is 1. The van der Waals surface area contributed by atoms with Gasteiger partial charge < -0.3 is 14.6 Å². The van der Waals surface area contributed by atoms with Crippen LogP contribution in [0, 0.1) is 0 Å². The van der Waals surface area contributed by atoms with Gasteiger partial charge in [0.2, 0.25) is 0 Å². The first-order chi connectivity index (χ1) is 7.76. The number of methoxy groups -OCH3 is 1. The maximum Gasteiger partial charge on any atom is 0.127 e. The lowest BCUT2D eigenvalue weighted by atomic mass is 10.1. The van der Waals surface area contributed by atoms with Crippen molar-refractivity contribution in [2.75, 3.05) is 13.7 Å². The quantitative estimate of drug-likeness (QED) is 0.860. The van der Waals surface area contributed by atoms with Crippen molar-refractivity contribution in [3.8, 4) is 17.2 Å². The van der Waals surface area contributed by atoms with Gasteiger partial charge in [0.15, 0.2) is 0 Å². The lowest BCUT2D eigenvalue weighted by Gasteiger charge is -2.09. The van der Waals surface area contributed by atoms with Crippen molar-refractivity contribution < 1.29 is 14.6 Å². The topological polar surface area (TPSA) is 38.7 Å². The Morgan fingerprint density at radius 1 is 1.12 bits per heavy atom. The highest BCUT2D eigenvalue weighted by Crippen LogP contribution is 2.34. The summed E-state index contributed by atoms with van der Waals surface area (Å²) in [7, 11) is 1.61. The molecule has 0 saturated carbocycles. The normalized spacial score (nSPS) is 10.4. The summed E-state index contributed by atoms with van der Waals surface area (Å²) < 4.78 is 10.7. The van der Waals surface area contributed by atoms with Crippen LogP contribution in [0.3, 0.4) is 0 Å². The molecule has 16 heavy (non-hydrogen) atoms. The van der Waals surface area contributed by atoms with Crippen LogP contribution in [0.1, 0.15) is 6.92 Å². The first-order valence-electron chi connectivity index (χ1n) is 5.18. The average molecular weight is 218 g/mol. The monoisotopic (exact) mass is 218 g/mol. The second-order valence-electron chi connectivity index (χ2n) is 3.43. The van der Waals surface area contributed by atoms with Gasteiger partial charge in [-0.15, -0.1) is 0 Å². The number of aromatic hydroxyl groups is 1. The Bertz CT molecular complexity index is 506. The molecule has 0 aliphatic rings. The minimum Gasteiger partial charge on any atom is -0.507 e. The van der Waals surface area contributed by atoms with Crippen LogP contribution in [-0.2, 0) is 0 Å². The van der Waals surface area contributed by atoms with Crippen LogP contribution in [0.25, 0.3) is 10.8 Å². The van der Waals surface area contributed by atoms with Gasteiger partial charge in [0, 0.05) is 10.8 Å². The van der Waals surface area contributed by atoms with Gasteiger partial charge in [0.1, 0.15) is 17.2 Å². The van der Waals surface area contributed by atoms with Crippen molar-refractivity contribution in [2.45, 2.75) is 6.92 Å². The van der Waals surface area contributed by atoms with Gasteiger partial charge in [0.25, 0.3) is 0 Å². The summed E-state index contributed by atoms with van der Waals surface area (Å²) in [6, 6.07) is 8.91. The molecule has 0 spiro atoms. The Kier molecular flexibility index (Phi) is 2.86. The molecule has 1 N–H and O–H groups in total. The standard InChI is InChI=1S/C13H14O3/c1-3-16-9-4-5-10-11(8-9)13(15-2)7-6-12(10)14/h4-8,14H,3H2,1-2H3. The zero-order valence-corrected chi connectivity index (χ0v) is 9.36. The van der Waals surface area contributed by atoms with Crippen molar-refractivity contribution in [2.24, 2.45) is 0 Å². The Balaban J connectivity index is 2.64. The third-order valence-corrected chi connectivity index (χ3v) is 2.46. The van der Waals surface area contributed by atoms with Gasteiger partial charge in [-0.25, -0.2) is 0 Å². The van der Waals surface area contributed by atoms with E-state index in [1.807, 2.05) is 25.1 Å². The van der Waals surface area contributed by atoms with E-state index in [1.165, 1.54) is 0 Å². The average Bonchev–Trinajstić information content (AvgIpc) is 2.30. The van der Waals surface area contributed by atoms with E-state index in [4.69, 9.17) is 9.47 Å². The largest absolute Gasteiger partial charge is 0.507 e. The third-order valence-electron chi connectivity index (χ3n) is 2.46. The fraction of sp³-hybridized carbons (Fsp3) is 0.231. The minimum atomic E-state index is 0.249. The van der Waals surface area contributed by atoms with Crippen molar-refractivity contribution >= 4 is 10.8 Å². The number of phenols is 1. The lowest BCUT2D eigenvalue weighted by molar-refractivity contribution is 0.340. The fourth-order valence-electron chi connectivity index (χ4n) is 1.72. The van der Waals surface area contributed by atoms with Crippen molar-refractivity contribution in [1.29, 1.82) is 0 Å². The molecule has 0 heterocycles. The number of hydrogen-bond acceptors (Lipinski definition) is 3. The second-order valence-corrected chi connectivity index (χ2v) is 3.43. The van der Waals surface area contributed by atoms with E-state index in [1.54, 1.807) is 19.2 Å². The SMILES string of the molecule is CCOc1ccc2c(O)ccc(OC)c2c1. The summed E-state index contributed by atoms with van der Waals surface area (Å²) in [5, 5.41) is 11.3. The molecule has 0 atom stereocenters. The van der Waals surface area contributed by atoms with E-state index in [2.05, 4.69) is 0 Å². The molecule has 0 amide bonds. The van der Waals surface area contributed by atoms with Crippen LogP contribution in [-0.4, -0.2) is 18.8 Å². The number of ether oxygens (including phenoxy) is 2. The van der Waals surface area contributed by atoms with Crippen molar-refractivity contribution in [3.63, 3.8) is 0 Å². The van der Waals surface area contributed by atoms with E-state index in [0.29, 0.717) is 6.61 Å². The first kappa shape index (κ1) is 10.6. The van der Waals surface area contributed by atoms with E-state index in [0.717, 1.165) is 22.3 Å². The van der Waals surface area contributed by atoms with Crippen LogP contribution in [0.2, 0.25) is 0 Å². The van der Waals surface area contributed by atoms with E-state index in [-0.39, 0.29) is 5.75 Å². The molecular formula is C13H14O3. The summed E-state index contributed by atoms with van der Waals surface area (Å²) in [5.74, 6) is 1.76. The van der Waals surface area contributed by atoms with Gasteiger partial charge in [-0.1, -0.05) is 0 Å². The van der Waals surface area contributed by atoms with Crippen molar-refractivity contribution in [3.05, 3.63) is 30.3 Å². The molecule has 2 aromatic carbocycles. The zero-order chi connectivity index (χ0) is 11.5. The fourth-order valence-corrected chi connectivity index (χ4v) is 1.72. The third kappa shape index (κ3) is 1.76. The van der Waals surface area contributed by atoms with Crippen LogP contribution in [0.5, 0.6) is 17.2 Å². The van der Waals surface area contributed by atoms with E-state index in [9.17, 15) is 5.11 Å². The highest BCUT2D eigenvalue weighted by atomic mass is 16.5. The zero-order valence-electron chi connectivity index (χ0n) is 9.36. The molecule has 3 heteroatoms. The molecule has 2 aromatic rings. The van der Waals surface area contributed by atoms with Crippen LogP contribution in [0.4, 0.5) is 0 Å². The Hall–Kier alpha value is -1.90. The van der Waals surface area contributed by atoms with E-state index >= 15 is 0 Å². The second kappa shape index (κ2) is 4.31. The van der Waals surface area contributed by atoms with Gasteiger partial charge in [-0.3, -0.25) is 0 Å². The summed E-state index contributed by atoms with van der Waals surface area (Å²) in [4.78, 5) is 0. The molecule has 2 rings (SSSR count). The van der Waals surface area contributed by atoms with Gasteiger partial charge in [-0.05, 0) is 37.3 Å². The Morgan fingerprint density at radius 3 is 2.62 bits per heavy atom. The highest BCUT2D eigenvalue weighted by Gasteiger charge is 2.06. The van der Waals surface area contributed by atoms with Crippen LogP contribution >= 0.6 is 0 Å². The molecule has 0 aliphatic carbocycles. The lowest BCUT2D eigenvalue weighted by Crippen LogP contribution is -1.92. The predicted molar refractivity (Wildman–Crippen MR) is 63.3 cm³/mol. The van der Waals surface area contributed by atoms with E-state index < -0.39 is 0 Å². The molecule has 0 fully saturated rings. The number of benzene rings is 2. The van der Waals surface area contributed by atoms with Gasteiger partial charge in [-0.2, -0.15) is 0 Å². The van der Waals surface area contributed by atoms with Gasteiger partial charge >= 0.3 is 0 Å².